The van der Waals surface area contributed by atoms with Crippen molar-refractivity contribution >= 4 is 38.9 Å². The van der Waals surface area contributed by atoms with Gasteiger partial charge in [-0.1, -0.05) is 28.1 Å². The number of aromatic hydroxyl groups is 1. The number of pyridine rings is 1. The molecule has 0 fully saturated rings. The van der Waals surface area contributed by atoms with Crippen molar-refractivity contribution in [2.24, 2.45) is 5.10 Å². The monoisotopic (exact) mass is 369 g/mol. The van der Waals surface area contributed by atoms with E-state index in [1.54, 1.807) is 24.4 Å². The summed E-state index contributed by atoms with van der Waals surface area (Å²) in [7, 11) is 0. The van der Waals surface area contributed by atoms with Gasteiger partial charge in [-0.2, -0.15) is 5.10 Å². The number of fused-ring (bicyclic) bond motifs is 1. The highest BCUT2D eigenvalue weighted by molar-refractivity contribution is 9.10. The van der Waals surface area contributed by atoms with Crippen LogP contribution >= 0.6 is 15.9 Å². The van der Waals surface area contributed by atoms with Crippen LogP contribution in [0.15, 0.2) is 52.0 Å². The van der Waals surface area contributed by atoms with Gasteiger partial charge in [-0.3, -0.25) is 5.43 Å². The first-order chi connectivity index (χ1) is 11.0. The van der Waals surface area contributed by atoms with E-state index >= 15 is 0 Å². The smallest absolute Gasteiger partial charge is 0.149 e. The third-order valence-corrected chi connectivity index (χ3v) is 4.02. The van der Waals surface area contributed by atoms with E-state index in [1.165, 1.54) is 5.56 Å². The van der Waals surface area contributed by atoms with Gasteiger partial charge >= 0.3 is 0 Å². The summed E-state index contributed by atoms with van der Waals surface area (Å²) in [6.45, 7) is 4.03. The summed E-state index contributed by atoms with van der Waals surface area (Å²) in [6, 6.07) is 13.5. The maximum atomic E-state index is 9.80. The molecule has 2 N–H and O–H groups in total. The van der Waals surface area contributed by atoms with Crippen LogP contribution in [0.2, 0.25) is 0 Å². The molecule has 0 bridgehead atoms. The van der Waals surface area contributed by atoms with Crippen LogP contribution in [-0.2, 0) is 0 Å². The summed E-state index contributed by atoms with van der Waals surface area (Å²) in [6.07, 6.45) is 1.57. The van der Waals surface area contributed by atoms with Gasteiger partial charge in [-0.05, 0) is 55.3 Å². The first-order valence-corrected chi connectivity index (χ1v) is 7.98. The van der Waals surface area contributed by atoms with Gasteiger partial charge in [-0.25, -0.2) is 4.98 Å². The van der Waals surface area contributed by atoms with Crippen LogP contribution in [0.3, 0.4) is 0 Å². The van der Waals surface area contributed by atoms with Gasteiger partial charge in [0.2, 0.25) is 0 Å². The van der Waals surface area contributed by atoms with Gasteiger partial charge < -0.3 is 5.11 Å². The molecule has 0 aliphatic carbocycles. The van der Waals surface area contributed by atoms with Crippen LogP contribution in [0.1, 0.15) is 16.7 Å². The lowest BCUT2D eigenvalue weighted by Crippen LogP contribution is -1.97. The Hall–Kier alpha value is -2.40. The third kappa shape index (κ3) is 3.51. The highest BCUT2D eigenvalue weighted by atomic mass is 79.9. The summed E-state index contributed by atoms with van der Waals surface area (Å²) in [5, 5.41) is 15.1. The minimum absolute atomic E-state index is 0.178. The summed E-state index contributed by atoms with van der Waals surface area (Å²) >= 11 is 3.37. The number of hydrogen-bond donors (Lipinski definition) is 2. The van der Waals surface area contributed by atoms with E-state index in [2.05, 4.69) is 49.6 Å². The molecule has 0 aliphatic rings. The maximum absolute atomic E-state index is 9.80. The van der Waals surface area contributed by atoms with Crippen molar-refractivity contribution in [2.45, 2.75) is 13.8 Å². The summed E-state index contributed by atoms with van der Waals surface area (Å²) in [5.41, 5.74) is 6.69. The number of anilines is 1. The lowest BCUT2D eigenvalue weighted by molar-refractivity contribution is 0.474. The van der Waals surface area contributed by atoms with Gasteiger partial charge in [0.1, 0.15) is 11.6 Å². The Kier molecular flexibility index (Phi) is 4.30. The standard InChI is InChI=1S/C18H16BrN3O/c1-11-3-4-13-8-12(2)18(21-16(13)7-11)22-20-10-14-9-15(19)5-6-17(14)23/h3-10,23H,1-2H3,(H,21,22). The van der Waals surface area contributed by atoms with Crippen molar-refractivity contribution < 1.29 is 5.11 Å². The molecule has 1 heterocycles. The van der Waals surface area contributed by atoms with Crippen molar-refractivity contribution in [1.29, 1.82) is 0 Å². The van der Waals surface area contributed by atoms with E-state index in [1.807, 2.05) is 19.9 Å². The second-order valence-corrected chi connectivity index (χ2v) is 6.34. The van der Waals surface area contributed by atoms with Gasteiger partial charge in [0, 0.05) is 15.4 Å². The zero-order chi connectivity index (χ0) is 16.4. The number of nitrogens with one attached hydrogen (secondary N) is 1. The average molecular weight is 370 g/mol. The number of hydrogen-bond acceptors (Lipinski definition) is 4. The van der Waals surface area contributed by atoms with Gasteiger partial charge in [0.25, 0.3) is 0 Å². The molecule has 4 nitrogen and oxygen atoms in total. The minimum Gasteiger partial charge on any atom is -0.507 e. The number of hydrazone groups is 1. The van der Waals surface area contributed by atoms with Gasteiger partial charge in [0.05, 0.1) is 11.7 Å². The predicted octanol–water partition coefficient (Wildman–Crippen LogP) is 4.77. The molecule has 3 aromatic rings. The molecule has 0 radical (unpaired) electrons. The molecule has 0 spiro atoms. The summed E-state index contributed by atoms with van der Waals surface area (Å²) < 4.78 is 0.882. The Morgan fingerprint density at radius 3 is 2.78 bits per heavy atom. The van der Waals surface area contributed by atoms with Crippen molar-refractivity contribution in [1.82, 2.24) is 4.98 Å². The number of halogens is 1. The van der Waals surface area contributed by atoms with Crippen LogP contribution in [0, 0.1) is 13.8 Å². The van der Waals surface area contributed by atoms with E-state index in [9.17, 15) is 5.11 Å². The molecule has 5 heteroatoms. The molecule has 23 heavy (non-hydrogen) atoms. The van der Waals surface area contributed by atoms with Gasteiger partial charge in [0.15, 0.2) is 0 Å². The minimum atomic E-state index is 0.178. The summed E-state index contributed by atoms with van der Waals surface area (Å²) in [5.74, 6) is 0.881. The number of rotatable bonds is 3. The zero-order valence-corrected chi connectivity index (χ0v) is 14.4. The fourth-order valence-corrected chi connectivity index (χ4v) is 2.67. The third-order valence-electron chi connectivity index (χ3n) is 3.53. The molecular formula is C18H16BrN3O. The number of phenolic OH excluding ortho intramolecular Hbond substituents is 1. The number of nitrogens with zero attached hydrogens (tertiary/aromatic N) is 2. The Labute approximate surface area is 143 Å². The lowest BCUT2D eigenvalue weighted by Gasteiger charge is -2.07. The molecule has 0 atom stereocenters. The second-order valence-electron chi connectivity index (χ2n) is 5.42. The molecule has 2 aromatic carbocycles. The molecule has 0 amide bonds. The van der Waals surface area contributed by atoms with E-state index < -0.39 is 0 Å². The van der Waals surface area contributed by atoms with Crippen LogP contribution in [0.4, 0.5) is 5.82 Å². The number of phenols is 1. The van der Waals surface area contributed by atoms with Crippen molar-refractivity contribution in [2.75, 3.05) is 5.43 Å². The van der Waals surface area contributed by atoms with Crippen molar-refractivity contribution in [3.8, 4) is 5.75 Å². The topological polar surface area (TPSA) is 57.5 Å². The van der Waals surface area contributed by atoms with Crippen LogP contribution in [0.25, 0.3) is 10.9 Å². The largest absolute Gasteiger partial charge is 0.507 e. The van der Waals surface area contributed by atoms with Crippen LogP contribution in [-0.4, -0.2) is 16.3 Å². The molecule has 3 rings (SSSR count). The van der Waals surface area contributed by atoms with E-state index in [4.69, 9.17) is 0 Å². The average Bonchev–Trinajstić information content (AvgIpc) is 2.51. The first kappa shape index (κ1) is 15.5. The molecule has 0 unspecified atom stereocenters. The number of benzene rings is 2. The molecule has 0 saturated heterocycles. The lowest BCUT2D eigenvalue weighted by atomic mass is 10.1. The first-order valence-electron chi connectivity index (χ1n) is 7.18. The van der Waals surface area contributed by atoms with E-state index in [0.717, 1.165) is 20.9 Å². The van der Waals surface area contributed by atoms with E-state index in [-0.39, 0.29) is 5.75 Å². The van der Waals surface area contributed by atoms with E-state index in [0.29, 0.717) is 11.4 Å². The maximum Gasteiger partial charge on any atom is 0.149 e. The number of aromatic nitrogens is 1. The quantitative estimate of drug-likeness (QED) is 0.516. The highest BCUT2D eigenvalue weighted by Crippen LogP contribution is 2.22. The van der Waals surface area contributed by atoms with Crippen LogP contribution in [0.5, 0.6) is 5.75 Å². The molecule has 116 valence electrons. The Bertz CT molecular complexity index is 906. The zero-order valence-electron chi connectivity index (χ0n) is 12.8. The fourth-order valence-electron chi connectivity index (χ4n) is 2.29. The van der Waals surface area contributed by atoms with Crippen LogP contribution < -0.4 is 5.43 Å². The molecule has 1 aromatic heterocycles. The molecule has 0 saturated carbocycles. The molecule has 0 aliphatic heterocycles. The SMILES string of the molecule is Cc1ccc2cc(C)c(NN=Cc3cc(Br)ccc3O)nc2c1. The summed E-state index contributed by atoms with van der Waals surface area (Å²) in [4.78, 5) is 4.61. The second kappa shape index (κ2) is 6.38. The van der Waals surface area contributed by atoms with Crippen molar-refractivity contribution in [3.05, 3.63) is 63.6 Å². The molecular weight excluding hydrogens is 354 g/mol. The predicted molar refractivity (Wildman–Crippen MR) is 98.2 cm³/mol. The Morgan fingerprint density at radius 2 is 1.96 bits per heavy atom. The normalized spacial score (nSPS) is 11.3. The highest BCUT2D eigenvalue weighted by Gasteiger charge is 2.03. The Morgan fingerprint density at radius 1 is 1.13 bits per heavy atom. The number of aryl methyl sites for hydroxylation is 2. The van der Waals surface area contributed by atoms with Gasteiger partial charge in [-0.15, -0.1) is 0 Å². The van der Waals surface area contributed by atoms with Crippen molar-refractivity contribution in [3.63, 3.8) is 0 Å². The fraction of sp³-hybridized carbons (Fsp3) is 0.111. The Balaban J connectivity index is 1.87.